The number of hydrogen-bond donors (Lipinski definition) is 1. The van der Waals surface area contributed by atoms with Crippen LogP contribution in [-0.2, 0) is 0 Å². The molecule has 0 radical (unpaired) electrons. The lowest BCUT2D eigenvalue weighted by Crippen LogP contribution is -2.43. The van der Waals surface area contributed by atoms with Crippen LogP contribution in [0.5, 0.6) is 0 Å². The molecule has 1 N–H and O–H groups in total. The van der Waals surface area contributed by atoms with Gasteiger partial charge in [0.2, 0.25) is 0 Å². The van der Waals surface area contributed by atoms with Gasteiger partial charge in [0, 0.05) is 19.6 Å². The predicted molar refractivity (Wildman–Crippen MR) is 49.0 cm³/mol. The summed E-state index contributed by atoms with van der Waals surface area (Å²) in [5.41, 5.74) is 0. The molecule has 2 rings (SSSR count). The van der Waals surface area contributed by atoms with Crippen molar-refractivity contribution in [2.45, 2.75) is 32.3 Å². The van der Waals surface area contributed by atoms with Crippen LogP contribution in [0, 0.1) is 11.8 Å². The van der Waals surface area contributed by atoms with Crippen molar-refractivity contribution in [2.24, 2.45) is 11.8 Å². The van der Waals surface area contributed by atoms with Gasteiger partial charge in [-0.1, -0.05) is 6.92 Å². The molecule has 2 fully saturated rings. The monoisotopic (exact) mass is 169 g/mol. The Kier molecular flexibility index (Phi) is 2.37. The van der Waals surface area contributed by atoms with Crippen LogP contribution in [0.4, 0.5) is 0 Å². The fraction of sp³-hybridized carbons (Fsp3) is 1.00. The number of aliphatic hydroxyl groups is 1. The van der Waals surface area contributed by atoms with Crippen LogP contribution in [0.15, 0.2) is 0 Å². The van der Waals surface area contributed by atoms with Gasteiger partial charge in [-0.25, -0.2) is 0 Å². The zero-order chi connectivity index (χ0) is 8.55. The average Bonchev–Trinajstić information content (AvgIpc) is 2.68. The van der Waals surface area contributed by atoms with Crippen molar-refractivity contribution in [3.63, 3.8) is 0 Å². The molecule has 1 aliphatic heterocycles. The van der Waals surface area contributed by atoms with Crippen LogP contribution in [0.2, 0.25) is 0 Å². The lowest BCUT2D eigenvalue weighted by atomic mass is 9.98. The SMILES string of the molecule is C[C@@H]1C[C@@H](O)CN(CC2CC2)C1. The van der Waals surface area contributed by atoms with Gasteiger partial charge in [-0.15, -0.1) is 0 Å². The minimum Gasteiger partial charge on any atom is -0.392 e. The van der Waals surface area contributed by atoms with Crippen LogP contribution in [0.1, 0.15) is 26.2 Å². The van der Waals surface area contributed by atoms with E-state index >= 15 is 0 Å². The minimum atomic E-state index is -0.0625. The van der Waals surface area contributed by atoms with Crippen molar-refractivity contribution in [3.05, 3.63) is 0 Å². The molecule has 2 nitrogen and oxygen atoms in total. The molecular formula is C10H19NO. The van der Waals surface area contributed by atoms with Gasteiger partial charge in [0.25, 0.3) is 0 Å². The summed E-state index contributed by atoms with van der Waals surface area (Å²) in [5.74, 6) is 1.65. The van der Waals surface area contributed by atoms with Crippen LogP contribution in [-0.4, -0.2) is 35.7 Å². The van der Waals surface area contributed by atoms with Crippen molar-refractivity contribution >= 4 is 0 Å². The van der Waals surface area contributed by atoms with E-state index in [1.807, 2.05) is 0 Å². The predicted octanol–water partition coefficient (Wildman–Crippen LogP) is 1.10. The first-order chi connectivity index (χ1) is 5.74. The summed E-state index contributed by atoms with van der Waals surface area (Å²) < 4.78 is 0. The van der Waals surface area contributed by atoms with Crippen molar-refractivity contribution in [3.8, 4) is 0 Å². The van der Waals surface area contributed by atoms with Gasteiger partial charge >= 0.3 is 0 Å². The van der Waals surface area contributed by atoms with E-state index in [2.05, 4.69) is 11.8 Å². The summed E-state index contributed by atoms with van der Waals surface area (Å²) in [6.07, 6.45) is 3.77. The number of likely N-dealkylation sites (tertiary alicyclic amines) is 1. The topological polar surface area (TPSA) is 23.5 Å². The zero-order valence-corrected chi connectivity index (χ0v) is 7.87. The van der Waals surface area contributed by atoms with Gasteiger partial charge in [-0.3, -0.25) is 0 Å². The van der Waals surface area contributed by atoms with E-state index in [4.69, 9.17) is 0 Å². The average molecular weight is 169 g/mol. The lowest BCUT2D eigenvalue weighted by Gasteiger charge is -2.34. The minimum absolute atomic E-state index is 0.0625. The van der Waals surface area contributed by atoms with E-state index in [1.165, 1.54) is 25.9 Å². The maximum atomic E-state index is 9.54. The molecule has 1 saturated heterocycles. The Morgan fingerprint density at radius 1 is 1.33 bits per heavy atom. The maximum Gasteiger partial charge on any atom is 0.0670 e. The highest BCUT2D eigenvalue weighted by atomic mass is 16.3. The Hall–Kier alpha value is -0.0800. The second kappa shape index (κ2) is 3.35. The smallest absolute Gasteiger partial charge is 0.0670 e. The normalized spacial score (nSPS) is 38.5. The van der Waals surface area contributed by atoms with Gasteiger partial charge in [0.1, 0.15) is 0 Å². The van der Waals surface area contributed by atoms with Gasteiger partial charge in [0.05, 0.1) is 6.10 Å². The van der Waals surface area contributed by atoms with Crippen LogP contribution >= 0.6 is 0 Å². The summed E-state index contributed by atoms with van der Waals surface area (Å²) in [6.45, 7) is 5.60. The molecule has 1 saturated carbocycles. The maximum absolute atomic E-state index is 9.54. The first kappa shape index (κ1) is 8.52. The van der Waals surface area contributed by atoms with Crippen molar-refractivity contribution in [2.75, 3.05) is 19.6 Å². The fourth-order valence-corrected chi connectivity index (χ4v) is 2.24. The fourth-order valence-electron chi connectivity index (χ4n) is 2.24. The second-order valence-electron chi connectivity index (χ2n) is 4.66. The molecule has 0 bridgehead atoms. The highest BCUT2D eigenvalue weighted by molar-refractivity contribution is 4.82. The molecule has 0 amide bonds. The Labute approximate surface area is 74.6 Å². The van der Waals surface area contributed by atoms with E-state index in [-0.39, 0.29) is 6.10 Å². The molecule has 1 heterocycles. The van der Waals surface area contributed by atoms with Crippen LogP contribution in [0.25, 0.3) is 0 Å². The first-order valence-corrected chi connectivity index (χ1v) is 5.14. The molecule has 12 heavy (non-hydrogen) atoms. The number of piperidine rings is 1. The van der Waals surface area contributed by atoms with E-state index < -0.39 is 0 Å². The highest BCUT2D eigenvalue weighted by Crippen LogP contribution is 2.31. The third-order valence-electron chi connectivity index (χ3n) is 2.93. The summed E-state index contributed by atoms with van der Waals surface area (Å²) in [6, 6.07) is 0. The Bertz CT molecular complexity index is 143. The lowest BCUT2D eigenvalue weighted by molar-refractivity contribution is 0.0426. The third kappa shape index (κ3) is 2.20. The molecule has 0 aromatic heterocycles. The van der Waals surface area contributed by atoms with E-state index in [0.29, 0.717) is 5.92 Å². The van der Waals surface area contributed by atoms with Gasteiger partial charge < -0.3 is 10.0 Å². The summed E-state index contributed by atoms with van der Waals surface area (Å²) >= 11 is 0. The summed E-state index contributed by atoms with van der Waals surface area (Å²) in [5, 5.41) is 9.54. The quantitative estimate of drug-likeness (QED) is 0.669. The first-order valence-electron chi connectivity index (χ1n) is 5.14. The summed E-state index contributed by atoms with van der Waals surface area (Å²) in [7, 11) is 0. The number of β-amino-alcohol motifs (C(OH)–C–C–N with tert-alkyl or cyclic N) is 1. The molecule has 2 atom stereocenters. The Morgan fingerprint density at radius 2 is 2.08 bits per heavy atom. The van der Waals surface area contributed by atoms with Gasteiger partial charge in [-0.2, -0.15) is 0 Å². The molecule has 0 unspecified atom stereocenters. The molecule has 1 aliphatic carbocycles. The van der Waals surface area contributed by atoms with Crippen LogP contribution in [0.3, 0.4) is 0 Å². The largest absolute Gasteiger partial charge is 0.392 e. The molecule has 70 valence electrons. The third-order valence-corrected chi connectivity index (χ3v) is 2.93. The Morgan fingerprint density at radius 3 is 2.67 bits per heavy atom. The zero-order valence-electron chi connectivity index (χ0n) is 7.87. The molecule has 2 aliphatic rings. The molecule has 0 spiro atoms. The second-order valence-corrected chi connectivity index (χ2v) is 4.66. The number of nitrogens with zero attached hydrogens (tertiary/aromatic N) is 1. The van der Waals surface area contributed by atoms with Crippen molar-refractivity contribution in [1.29, 1.82) is 0 Å². The number of hydrogen-bond acceptors (Lipinski definition) is 2. The molecule has 2 heteroatoms. The van der Waals surface area contributed by atoms with E-state index in [0.717, 1.165) is 18.9 Å². The molecule has 0 aromatic carbocycles. The van der Waals surface area contributed by atoms with Gasteiger partial charge in [0.15, 0.2) is 0 Å². The molecule has 0 aromatic rings. The highest BCUT2D eigenvalue weighted by Gasteiger charge is 2.28. The van der Waals surface area contributed by atoms with E-state index in [1.54, 1.807) is 0 Å². The van der Waals surface area contributed by atoms with Crippen molar-refractivity contribution < 1.29 is 5.11 Å². The van der Waals surface area contributed by atoms with Gasteiger partial charge in [-0.05, 0) is 31.1 Å². The Balaban J connectivity index is 1.79. The van der Waals surface area contributed by atoms with E-state index in [9.17, 15) is 5.11 Å². The van der Waals surface area contributed by atoms with Crippen molar-refractivity contribution in [1.82, 2.24) is 4.90 Å². The molecular weight excluding hydrogens is 150 g/mol. The number of rotatable bonds is 2. The van der Waals surface area contributed by atoms with Crippen LogP contribution < -0.4 is 0 Å². The summed E-state index contributed by atoms with van der Waals surface area (Å²) in [4.78, 5) is 2.44. The number of aliphatic hydroxyl groups excluding tert-OH is 1. The standard InChI is InChI=1S/C10H19NO/c1-8-4-10(12)7-11(5-8)6-9-2-3-9/h8-10,12H,2-7H2,1H3/t8-,10-/m1/s1.